The van der Waals surface area contributed by atoms with Gasteiger partial charge < -0.3 is 14.6 Å². The van der Waals surface area contributed by atoms with Crippen LogP contribution in [0, 0.1) is 0 Å². The summed E-state index contributed by atoms with van der Waals surface area (Å²) in [5.41, 5.74) is 0.822. The van der Waals surface area contributed by atoms with Gasteiger partial charge in [0.25, 0.3) is 5.91 Å². The Hall–Kier alpha value is -2.63. The van der Waals surface area contributed by atoms with E-state index in [0.29, 0.717) is 5.56 Å². The second kappa shape index (κ2) is 6.43. The first-order chi connectivity index (χ1) is 10.3. The summed E-state index contributed by atoms with van der Waals surface area (Å²) in [6.07, 6.45) is 5.18. The molecule has 0 saturated heterocycles. The summed E-state index contributed by atoms with van der Waals surface area (Å²) in [5, 5.41) is 2.54. The molecule has 6 nitrogen and oxygen atoms in total. The average Bonchev–Trinajstić information content (AvgIpc) is 2.97. The van der Waals surface area contributed by atoms with Crippen molar-refractivity contribution in [2.24, 2.45) is 0 Å². The van der Waals surface area contributed by atoms with Gasteiger partial charge in [0.2, 0.25) is 0 Å². The highest BCUT2D eigenvalue weighted by molar-refractivity contribution is 5.96. The Balaban J connectivity index is 1.92. The van der Waals surface area contributed by atoms with Crippen molar-refractivity contribution in [3.05, 3.63) is 48.5 Å². The number of carbonyl (C=O) groups is 2. The lowest BCUT2D eigenvalue weighted by Crippen LogP contribution is -2.34. The second-order valence-corrected chi connectivity index (χ2v) is 5.79. The molecule has 0 unspecified atom stereocenters. The Kier molecular flexibility index (Phi) is 4.60. The molecule has 0 bridgehead atoms. The normalized spacial score (nSPS) is 11.0. The fourth-order valence-electron chi connectivity index (χ4n) is 1.83. The number of benzene rings is 1. The molecule has 0 aliphatic rings. The van der Waals surface area contributed by atoms with E-state index in [1.54, 1.807) is 45.4 Å². The van der Waals surface area contributed by atoms with Crippen molar-refractivity contribution in [2.75, 3.05) is 6.54 Å². The molecule has 0 atom stereocenters. The molecule has 0 radical (unpaired) electrons. The largest absolute Gasteiger partial charge is 0.459 e. The minimum Gasteiger partial charge on any atom is -0.459 e. The van der Waals surface area contributed by atoms with Gasteiger partial charge in [-0.2, -0.15) is 0 Å². The number of ether oxygens (including phenoxy) is 1. The molecular formula is C16H19N3O3. The first kappa shape index (κ1) is 15.8. The van der Waals surface area contributed by atoms with Crippen molar-refractivity contribution < 1.29 is 14.3 Å². The Bertz CT molecular complexity index is 640. The number of hydrogen-bond donors (Lipinski definition) is 1. The van der Waals surface area contributed by atoms with Gasteiger partial charge in [-0.15, -0.1) is 0 Å². The zero-order chi connectivity index (χ0) is 16.2. The number of hydrogen-bond acceptors (Lipinski definition) is 4. The minimum atomic E-state index is -0.561. The number of imidazole rings is 1. The smallest absolute Gasteiger partial charge is 0.325 e. The summed E-state index contributed by atoms with van der Waals surface area (Å²) < 4.78 is 6.96. The minimum absolute atomic E-state index is 0.153. The molecule has 1 heterocycles. The molecule has 0 aliphatic carbocycles. The zero-order valence-corrected chi connectivity index (χ0v) is 12.9. The highest BCUT2D eigenvalue weighted by atomic mass is 16.6. The summed E-state index contributed by atoms with van der Waals surface area (Å²) in [6.45, 7) is 5.18. The molecule has 1 N–H and O–H groups in total. The summed E-state index contributed by atoms with van der Waals surface area (Å²) in [5.74, 6) is -0.779. The van der Waals surface area contributed by atoms with Gasteiger partial charge in [0.15, 0.2) is 0 Å². The lowest BCUT2D eigenvalue weighted by molar-refractivity contribution is -0.153. The molecule has 0 spiro atoms. The average molecular weight is 301 g/mol. The Morgan fingerprint density at radius 3 is 2.45 bits per heavy atom. The van der Waals surface area contributed by atoms with Crippen LogP contribution in [-0.4, -0.2) is 33.6 Å². The van der Waals surface area contributed by atoms with E-state index in [1.807, 2.05) is 22.9 Å². The topological polar surface area (TPSA) is 73.2 Å². The maximum Gasteiger partial charge on any atom is 0.325 e. The highest BCUT2D eigenvalue weighted by Gasteiger charge is 2.17. The van der Waals surface area contributed by atoms with Crippen molar-refractivity contribution in [2.45, 2.75) is 26.4 Å². The van der Waals surface area contributed by atoms with Crippen LogP contribution in [0.25, 0.3) is 5.69 Å². The monoisotopic (exact) mass is 301 g/mol. The van der Waals surface area contributed by atoms with Gasteiger partial charge >= 0.3 is 5.97 Å². The third-order valence-corrected chi connectivity index (χ3v) is 2.75. The predicted octanol–water partition coefficient (Wildman–Crippen LogP) is 1.94. The maximum atomic E-state index is 12.0. The number of rotatable bonds is 4. The van der Waals surface area contributed by atoms with E-state index in [2.05, 4.69) is 10.3 Å². The van der Waals surface area contributed by atoms with Crippen LogP contribution in [0.2, 0.25) is 0 Å². The summed E-state index contributed by atoms with van der Waals surface area (Å²) >= 11 is 0. The lowest BCUT2D eigenvalue weighted by atomic mass is 10.2. The van der Waals surface area contributed by atoms with Crippen LogP contribution in [0.1, 0.15) is 31.1 Å². The van der Waals surface area contributed by atoms with Crippen LogP contribution in [0.15, 0.2) is 43.0 Å². The van der Waals surface area contributed by atoms with E-state index in [0.717, 1.165) is 5.69 Å². The number of esters is 1. The molecule has 1 aromatic heterocycles. The van der Waals surface area contributed by atoms with Crippen molar-refractivity contribution in [1.82, 2.24) is 14.9 Å². The van der Waals surface area contributed by atoms with E-state index < -0.39 is 11.6 Å². The summed E-state index contributed by atoms with van der Waals surface area (Å²) in [4.78, 5) is 27.5. The van der Waals surface area contributed by atoms with Crippen LogP contribution in [0.4, 0.5) is 0 Å². The van der Waals surface area contributed by atoms with Crippen LogP contribution >= 0.6 is 0 Å². The fraction of sp³-hybridized carbons (Fsp3) is 0.312. The first-order valence-corrected chi connectivity index (χ1v) is 6.93. The van der Waals surface area contributed by atoms with Crippen LogP contribution in [-0.2, 0) is 9.53 Å². The third-order valence-electron chi connectivity index (χ3n) is 2.75. The molecule has 0 aliphatic heterocycles. The van der Waals surface area contributed by atoms with Gasteiger partial charge in [-0.1, -0.05) is 0 Å². The number of nitrogens with zero attached hydrogens (tertiary/aromatic N) is 2. The van der Waals surface area contributed by atoms with E-state index in [1.165, 1.54) is 0 Å². The highest BCUT2D eigenvalue weighted by Crippen LogP contribution is 2.09. The van der Waals surface area contributed by atoms with Crippen LogP contribution in [0.5, 0.6) is 0 Å². The molecule has 2 rings (SSSR count). The molecular weight excluding hydrogens is 282 g/mol. The summed E-state index contributed by atoms with van der Waals surface area (Å²) in [6, 6.07) is 7.01. The van der Waals surface area contributed by atoms with Gasteiger partial charge in [-0.3, -0.25) is 9.59 Å². The Labute approximate surface area is 129 Å². The SMILES string of the molecule is CC(C)(C)OC(=O)CNC(=O)c1ccc(-n2ccnc2)cc1. The van der Waals surface area contributed by atoms with Crippen molar-refractivity contribution in [3.63, 3.8) is 0 Å². The van der Waals surface area contributed by atoms with E-state index in [9.17, 15) is 9.59 Å². The second-order valence-electron chi connectivity index (χ2n) is 5.79. The van der Waals surface area contributed by atoms with Gasteiger partial charge in [0.1, 0.15) is 12.1 Å². The van der Waals surface area contributed by atoms with Gasteiger partial charge in [-0.05, 0) is 45.0 Å². The molecule has 1 amide bonds. The van der Waals surface area contributed by atoms with Gasteiger partial charge in [-0.25, -0.2) is 4.98 Å². The number of amides is 1. The fourth-order valence-corrected chi connectivity index (χ4v) is 1.83. The molecule has 6 heteroatoms. The lowest BCUT2D eigenvalue weighted by Gasteiger charge is -2.19. The van der Waals surface area contributed by atoms with E-state index in [4.69, 9.17) is 4.74 Å². The van der Waals surface area contributed by atoms with E-state index >= 15 is 0 Å². The Morgan fingerprint density at radius 2 is 1.91 bits per heavy atom. The summed E-state index contributed by atoms with van der Waals surface area (Å²) in [7, 11) is 0. The standard InChI is InChI=1S/C16H19N3O3/c1-16(2,3)22-14(20)10-18-15(21)12-4-6-13(7-5-12)19-9-8-17-11-19/h4-9,11H,10H2,1-3H3,(H,18,21). The Morgan fingerprint density at radius 1 is 1.23 bits per heavy atom. The van der Waals surface area contributed by atoms with Crippen molar-refractivity contribution >= 4 is 11.9 Å². The first-order valence-electron chi connectivity index (χ1n) is 6.93. The van der Waals surface area contributed by atoms with Gasteiger partial charge in [0.05, 0.1) is 6.33 Å². The van der Waals surface area contributed by atoms with E-state index in [-0.39, 0.29) is 12.5 Å². The molecule has 22 heavy (non-hydrogen) atoms. The molecule has 0 fully saturated rings. The number of nitrogens with one attached hydrogen (secondary N) is 1. The number of carbonyl (C=O) groups excluding carboxylic acids is 2. The third kappa shape index (κ3) is 4.44. The van der Waals surface area contributed by atoms with Crippen molar-refractivity contribution in [1.29, 1.82) is 0 Å². The van der Waals surface area contributed by atoms with Crippen LogP contribution < -0.4 is 5.32 Å². The molecule has 0 saturated carbocycles. The quantitative estimate of drug-likeness (QED) is 0.876. The predicted molar refractivity (Wildman–Crippen MR) is 81.7 cm³/mol. The maximum absolute atomic E-state index is 12.0. The molecule has 2 aromatic rings. The molecule has 116 valence electrons. The van der Waals surface area contributed by atoms with Crippen molar-refractivity contribution in [3.8, 4) is 5.69 Å². The zero-order valence-electron chi connectivity index (χ0n) is 12.9. The van der Waals surface area contributed by atoms with Crippen LogP contribution in [0.3, 0.4) is 0 Å². The molecule has 1 aromatic carbocycles. The number of aromatic nitrogens is 2. The van der Waals surface area contributed by atoms with Gasteiger partial charge in [0, 0.05) is 23.6 Å².